The highest BCUT2D eigenvalue weighted by Crippen LogP contribution is 2.43. The summed E-state index contributed by atoms with van der Waals surface area (Å²) in [6.07, 6.45) is 0.688. The van der Waals surface area contributed by atoms with Crippen molar-refractivity contribution in [2.24, 2.45) is 0 Å². The summed E-state index contributed by atoms with van der Waals surface area (Å²) in [5.41, 5.74) is 3.81. The number of carbonyl (C=O) groups is 2. The van der Waals surface area contributed by atoms with E-state index in [1.807, 2.05) is 61.2 Å². The Morgan fingerprint density at radius 3 is 2.18 bits per heavy atom. The van der Waals surface area contributed by atoms with E-state index in [4.69, 9.17) is 9.47 Å². The van der Waals surface area contributed by atoms with Crippen LogP contribution in [0.25, 0.3) is 5.57 Å². The average Bonchev–Trinajstić information content (AvgIpc) is 3.37. The monoisotopic (exact) mass is 454 g/mol. The number of nitrogens with zero attached hydrogens (tertiary/aromatic N) is 2. The molecule has 3 aromatic rings. The van der Waals surface area contributed by atoms with E-state index in [9.17, 15) is 9.59 Å². The predicted molar refractivity (Wildman–Crippen MR) is 132 cm³/mol. The Morgan fingerprint density at radius 2 is 1.44 bits per heavy atom. The quantitative estimate of drug-likeness (QED) is 0.500. The van der Waals surface area contributed by atoms with E-state index in [0.717, 1.165) is 17.7 Å². The number of anilines is 2. The number of fused-ring (bicyclic) bond motifs is 1. The van der Waals surface area contributed by atoms with Gasteiger partial charge in [0.1, 0.15) is 17.2 Å². The van der Waals surface area contributed by atoms with Crippen molar-refractivity contribution in [2.45, 2.75) is 26.4 Å². The van der Waals surface area contributed by atoms with Crippen molar-refractivity contribution in [3.63, 3.8) is 0 Å². The molecule has 0 saturated carbocycles. The van der Waals surface area contributed by atoms with E-state index in [1.54, 1.807) is 31.4 Å². The number of para-hydroxylation sites is 4. The summed E-state index contributed by atoms with van der Waals surface area (Å²) < 4.78 is 11.5. The Morgan fingerprint density at radius 1 is 0.794 bits per heavy atom. The molecular weight excluding hydrogens is 428 g/mol. The molecule has 2 amide bonds. The van der Waals surface area contributed by atoms with Crippen LogP contribution in [-0.2, 0) is 16.0 Å². The molecule has 0 fully saturated rings. The SMILES string of the molecule is COc1ccccc1C1=C(N2CCc3ccccc32)C(=O)N(c2ccccc2OC(C)C)C1=O. The minimum Gasteiger partial charge on any atom is -0.496 e. The molecule has 6 heteroatoms. The minimum absolute atomic E-state index is 0.111. The first-order valence-corrected chi connectivity index (χ1v) is 11.4. The second-order valence-corrected chi connectivity index (χ2v) is 8.53. The van der Waals surface area contributed by atoms with Gasteiger partial charge in [0.2, 0.25) is 0 Å². The zero-order chi connectivity index (χ0) is 23.8. The highest BCUT2D eigenvalue weighted by atomic mass is 16.5. The first-order valence-electron chi connectivity index (χ1n) is 11.4. The topological polar surface area (TPSA) is 59.1 Å². The highest BCUT2D eigenvalue weighted by molar-refractivity contribution is 6.47. The minimum atomic E-state index is -0.395. The Bertz CT molecular complexity index is 1310. The van der Waals surface area contributed by atoms with E-state index < -0.39 is 5.91 Å². The van der Waals surface area contributed by atoms with E-state index in [-0.39, 0.29) is 12.0 Å². The smallest absolute Gasteiger partial charge is 0.282 e. The number of carbonyl (C=O) groups excluding carboxylic acids is 2. The van der Waals surface area contributed by atoms with Crippen molar-refractivity contribution >= 4 is 28.8 Å². The van der Waals surface area contributed by atoms with Crippen molar-refractivity contribution in [3.8, 4) is 11.5 Å². The maximum Gasteiger partial charge on any atom is 0.282 e. The van der Waals surface area contributed by atoms with Gasteiger partial charge in [0, 0.05) is 17.8 Å². The van der Waals surface area contributed by atoms with E-state index in [1.165, 1.54) is 4.90 Å². The van der Waals surface area contributed by atoms with Crippen molar-refractivity contribution in [1.82, 2.24) is 0 Å². The van der Waals surface area contributed by atoms with Crippen LogP contribution in [0.3, 0.4) is 0 Å². The number of ether oxygens (including phenoxy) is 2. The zero-order valence-electron chi connectivity index (χ0n) is 19.4. The van der Waals surface area contributed by atoms with Gasteiger partial charge < -0.3 is 14.4 Å². The van der Waals surface area contributed by atoms with Gasteiger partial charge in [0.15, 0.2) is 0 Å². The van der Waals surface area contributed by atoms with Gasteiger partial charge in [0.05, 0.1) is 24.5 Å². The molecule has 6 nitrogen and oxygen atoms in total. The van der Waals surface area contributed by atoms with Crippen molar-refractivity contribution in [2.75, 3.05) is 23.5 Å². The Labute approximate surface area is 199 Å². The lowest BCUT2D eigenvalue weighted by molar-refractivity contribution is -0.120. The van der Waals surface area contributed by atoms with Gasteiger partial charge in [-0.1, -0.05) is 48.5 Å². The molecule has 3 aromatic carbocycles. The van der Waals surface area contributed by atoms with Crippen molar-refractivity contribution in [3.05, 3.63) is 89.6 Å². The van der Waals surface area contributed by atoms with Gasteiger partial charge >= 0.3 is 0 Å². The molecule has 2 aliphatic heterocycles. The molecule has 34 heavy (non-hydrogen) atoms. The summed E-state index contributed by atoms with van der Waals surface area (Å²) in [5.74, 6) is 0.259. The first kappa shape index (κ1) is 21.8. The third kappa shape index (κ3) is 3.52. The Balaban J connectivity index is 1.70. The zero-order valence-corrected chi connectivity index (χ0v) is 19.4. The largest absolute Gasteiger partial charge is 0.496 e. The summed E-state index contributed by atoms with van der Waals surface area (Å²) >= 11 is 0. The highest BCUT2D eigenvalue weighted by Gasteiger charge is 2.45. The van der Waals surface area contributed by atoms with Crippen LogP contribution < -0.4 is 19.3 Å². The van der Waals surface area contributed by atoms with Crippen LogP contribution in [0.15, 0.2) is 78.5 Å². The van der Waals surface area contributed by atoms with Gasteiger partial charge in [-0.05, 0) is 50.1 Å². The lowest BCUT2D eigenvalue weighted by Gasteiger charge is -2.23. The summed E-state index contributed by atoms with van der Waals surface area (Å²) in [6, 6.07) is 22.5. The molecule has 0 atom stereocenters. The Hall–Kier alpha value is -4.06. The van der Waals surface area contributed by atoms with Crippen LogP contribution in [-0.4, -0.2) is 31.6 Å². The van der Waals surface area contributed by atoms with Crippen LogP contribution in [0.1, 0.15) is 25.0 Å². The van der Waals surface area contributed by atoms with Gasteiger partial charge in [-0.2, -0.15) is 0 Å². The lowest BCUT2D eigenvalue weighted by Crippen LogP contribution is -2.35. The normalized spacial score (nSPS) is 15.4. The molecule has 0 spiro atoms. The van der Waals surface area contributed by atoms with Gasteiger partial charge in [0.25, 0.3) is 11.8 Å². The number of methoxy groups -OCH3 is 1. The van der Waals surface area contributed by atoms with Crippen molar-refractivity contribution < 1.29 is 19.1 Å². The maximum absolute atomic E-state index is 14.0. The molecule has 172 valence electrons. The van der Waals surface area contributed by atoms with Crippen LogP contribution in [0, 0.1) is 0 Å². The number of hydrogen-bond acceptors (Lipinski definition) is 5. The number of imide groups is 1. The molecule has 0 N–H and O–H groups in total. The molecule has 2 aliphatic rings. The molecule has 5 rings (SSSR count). The van der Waals surface area contributed by atoms with Crippen LogP contribution in [0.4, 0.5) is 11.4 Å². The molecule has 2 heterocycles. The Kier molecular flexibility index (Phi) is 5.57. The van der Waals surface area contributed by atoms with Gasteiger partial charge in [-0.15, -0.1) is 0 Å². The molecule has 0 aromatic heterocycles. The number of rotatable bonds is 6. The number of amides is 2. The second-order valence-electron chi connectivity index (χ2n) is 8.53. The summed E-state index contributed by atoms with van der Waals surface area (Å²) in [6.45, 7) is 4.44. The second kappa shape index (κ2) is 8.71. The molecule has 0 radical (unpaired) electrons. The molecule has 0 bridgehead atoms. The fourth-order valence-corrected chi connectivity index (χ4v) is 4.65. The molecule has 0 unspecified atom stereocenters. The average molecular weight is 455 g/mol. The fraction of sp³-hybridized carbons (Fsp3) is 0.214. The fourth-order valence-electron chi connectivity index (χ4n) is 4.65. The van der Waals surface area contributed by atoms with Crippen LogP contribution >= 0.6 is 0 Å². The van der Waals surface area contributed by atoms with Gasteiger partial charge in [-0.25, -0.2) is 4.90 Å². The summed E-state index contributed by atoms with van der Waals surface area (Å²) in [5, 5.41) is 0. The third-order valence-corrected chi connectivity index (χ3v) is 6.06. The summed E-state index contributed by atoms with van der Waals surface area (Å²) in [4.78, 5) is 31.2. The molecule has 0 saturated heterocycles. The molecule has 0 aliphatic carbocycles. The standard InChI is InChI=1S/C28H26N2O4/c1-18(2)34-24-15-9-7-13-22(24)30-27(31)25(20-11-5-8-14-23(20)33-3)26(28(30)32)29-17-16-19-10-4-6-12-21(19)29/h4-15,18H,16-17H2,1-3H3. The first-order chi connectivity index (χ1) is 16.5. The third-order valence-electron chi connectivity index (χ3n) is 6.06. The van der Waals surface area contributed by atoms with E-state index in [2.05, 4.69) is 6.07 Å². The maximum atomic E-state index is 14.0. The predicted octanol–water partition coefficient (Wildman–Crippen LogP) is 4.83. The number of hydrogen-bond donors (Lipinski definition) is 0. The summed E-state index contributed by atoms with van der Waals surface area (Å²) in [7, 11) is 1.56. The number of benzene rings is 3. The molecular formula is C28H26N2O4. The van der Waals surface area contributed by atoms with Crippen LogP contribution in [0.5, 0.6) is 11.5 Å². The van der Waals surface area contributed by atoms with E-state index in [0.29, 0.717) is 40.6 Å². The van der Waals surface area contributed by atoms with Crippen molar-refractivity contribution in [1.29, 1.82) is 0 Å². The van der Waals surface area contributed by atoms with Crippen LogP contribution in [0.2, 0.25) is 0 Å². The van der Waals surface area contributed by atoms with E-state index >= 15 is 0 Å². The lowest BCUT2D eigenvalue weighted by atomic mass is 10.0. The van der Waals surface area contributed by atoms with Gasteiger partial charge in [-0.3, -0.25) is 9.59 Å².